The first-order valence-electron chi connectivity index (χ1n) is 6.34. The third-order valence-electron chi connectivity index (χ3n) is 2.49. The summed E-state index contributed by atoms with van der Waals surface area (Å²) in [4.78, 5) is 0. The molecule has 0 aromatic rings. The molecule has 0 saturated carbocycles. The predicted octanol–water partition coefficient (Wildman–Crippen LogP) is 1.66. The molecule has 0 aromatic carbocycles. The van der Waals surface area contributed by atoms with Crippen LogP contribution in [-0.4, -0.2) is 34.2 Å². The van der Waals surface area contributed by atoms with Crippen LogP contribution in [0.3, 0.4) is 0 Å². The Balaban J connectivity index is 3.97. The lowest BCUT2D eigenvalue weighted by Crippen LogP contribution is -2.36. The molecule has 0 bridgehead atoms. The van der Waals surface area contributed by atoms with Crippen LogP contribution >= 0.6 is 0 Å². The summed E-state index contributed by atoms with van der Waals surface area (Å²) in [6.45, 7) is 3.90. The molecule has 0 amide bonds. The summed E-state index contributed by atoms with van der Waals surface area (Å²) in [5, 5.41) is -0.833. The second-order valence-electron chi connectivity index (χ2n) is 4.88. The maximum Gasteiger partial charge on any atom is 0.226 e. The Morgan fingerprint density at radius 3 is 2.06 bits per heavy atom. The van der Waals surface area contributed by atoms with E-state index in [1.165, 1.54) is 19.3 Å². The topological polar surface area (TPSA) is 80.3 Å². The van der Waals surface area contributed by atoms with Crippen LogP contribution < -0.4 is 4.72 Å². The van der Waals surface area contributed by atoms with E-state index >= 15 is 0 Å². The quantitative estimate of drug-likeness (QED) is 0.622. The van der Waals surface area contributed by atoms with Crippen LogP contribution in [-0.2, 0) is 19.9 Å². The molecule has 1 atom stereocenters. The molecule has 0 spiro atoms. The van der Waals surface area contributed by atoms with Crippen molar-refractivity contribution in [3.05, 3.63) is 0 Å². The summed E-state index contributed by atoms with van der Waals surface area (Å²) in [6.07, 6.45) is 7.26. The van der Waals surface area contributed by atoms with Crippen molar-refractivity contribution < 1.29 is 16.8 Å². The summed E-state index contributed by atoms with van der Waals surface area (Å²) in [6, 6.07) is -0.210. The minimum atomic E-state index is -3.72. The first-order valence-corrected chi connectivity index (χ1v) is 10.1. The average molecular weight is 299 g/mol. The molecule has 0 radical (unpaired) electrons. The molecule has 0 fully saturated rings. The van der Waals surface area contributed by atoms with Gasteiger partial charge in [-0.05, 0) is 13.3 Å². The second kappa shape index (κ2) is 8.12. The molecule has 0 rings (SSSR count). The monoisotopic (exact) mass is 299 g/mol. The van der Waals surface area contributed by atoms with E-state index in [2.05, 4.69) is 11.6 Å². The van der Waals surface area contributed by atoms with Gasteiger partial charge in [0, 0.05) is 12.3 Å². The first kappa shape index (κ1) is 17.9. The normalized spacial score (nSPS) is 14.6. The Bertz CT molecular complexity index is 414. The fourth-order valence-electron chi connectivity index (χ4n) is 1.74. The number of sulfonamides is 1. The molecule has 5 nitrogen and oxygen atoms in total. The van der Waals surface area contributed by atoms with Gasteiger partial charge in [-0.25, -0.2) is 21.6 Å². The van der Waals surface area contributed by atoms with Crippen LogP contribution in [0.5, 0.6) is 0 Å². The minimum Gasteiger partial charge on any atom is -0.228 e. The highest BCUT2D eigenvalue weighted by atomic mass is 32.3. The van der Waals surface area contributed by atoms with Crippen LogP contribution in [0.25, 0.3) is 0 Å². The van der Waals surface area contributed by atoms with Crippen molar-refractivity contribution in [2.75, 3.05) is 11.3 Å². The van der Waals surface area contributed by atoms with Crippen molar-refractivity contribution in [1.82, 2.24) is 4.72 Å². The second-order valence-corrected chi connectivity index (χ2v) is 9.14. The number of sulfone groups is 1. The van der Waals surface area contributed by atoms with Gasteiger partial charge in [-0.2, -0.15) is 0 Å². The number of unbranched alkanes of at least 4 members (excludes halogenated alkanes) is 4. The lowest BCUT2D eigenvalue weighted by atomic mass is 10.1. The van der Waals surface area contributed by atoms with Gasteiger partial charge in [0.15, 0.2) is 14.9 Å². The molecule has 0 saturated heterocycles. The molecule has 0 aliphatic carbocycles. The smallest absolute Gasteiger partial charge is 0.226 e. The van der Waals surface area contributed by atoms with Gasteiger partial charge in [-0.3, -0.25) is 0 Å². The largest absolute Gasteiger partial charge is 0.228 e. The molecular weight excluding hydrogens is 274 g/mol. The minimum absolute atomic E-state index is 0.210. The van der Waals surface area contributed by atoms with Crippen LogP contribution in [0.15, 0.2) is 0 Å². The molecule has 0 heterocycles. The summed E-state index contributed by atoms with van der Waals surface area (Å²) < 4.78 is 47.3. The van der Waals surface area contributed by atoms with Gasteiger partial charge in [-0.1, -0.05) is 39.0 Å². The van der Waals surface area contributed by atoms with Gasteiger partial charge in [0.25, 0.3) is 0 Å². The Labute approximate surface area is 111 Å². The molecule has 1 N–H and O–H groups in total. The van der Waals surface area contributed by atoms with Crippen molar-refractivity contribution in [3.63, 3.8) is 0 Å². The molecule has 0 aliphatic heterocycles. The van der Waals surface area contributed by atoms with Crippen molar-refractivity contribution >= 4 is 19.9 Å². The van der Waals surface area contributed by atoms with Gasteiger partial charge >= 0.3 is 0 Å². The zero-order valence-electron chi connectivity index (χ0n) is 11.5. The molecule has 1 unspecified atom stereocenters. The first-order chi connectivity index (χ1) is 8.16. The summed E-state index contributed by atoms with van der Waals surface area (Å²) in [5.74, 6) is 0. The predicted molar refractivity (Wildman–Crippen MR) is 74.6 cm³/mol. The SMILES string of the molecule is CCCCCCCC(C)NS(=O)(=O)CS(C)(=O)=O. The summed E-state index contributed by atoms with van der Waals surface area (Å²) >= 11 is 0. The number of hydrogen-bond donors (Lipinski definition) is 1. The Hall–Kier alpha value is -0.140. The van der Waals surface area contributed by atoms with Crippen LogP contribution in [0.1, 0.15) is 52.4 Å². The van der Waals surface area contributed by atoms with Crippen molar-refractivity contribution in [2.45, 2.75) is 58.4 Å². The van der Waals surface area contributed by atoms with Crippen molar-refractivity contribution in [3.8, 4) is 0 Å². The lowest BCUT2D eigenvalue weighted by molar-refractivity contribution is 0.519. The Morgan fingerprint density at radius 2 is 1.56 bits per heavy atom. The van der Waals surface area contributed by atoms with Crippen molar-refractivity contribution in [1.29, 1.82) is 0 Å². The van der Waals surface area contributed by atoms with Gasteiger partial charge < -0.3 is 0 Å². The Morgan fingerprint density at radius 1 is 1.00 bits per heavy atom. The molecular formula is C11H25NO4S2. The molecule has 18 heavy (non-hydrogen) atoms. The number of rotatable bonds is 10. The maximum absolute atomic E-state index is 11.5. The Kier molecular flexibility index (Phi) is 8.05. The van der Waals surface area contributed by atoms with Crippen molar-refractivity contribution in [2.24, 2.45) is 0 Å². The molecule has 0 aromatic heterocycles. The fourth-order valence-corrected chi connectivity index (χ4v) is 4.99. The highest BCUT2D eigenvalue weighted by Gasteiger charge is 2.19. The third kappa shape index (κ3) is 11.0. The van der Waals surface area contributed by atoms with E-state index in [0.717, 1.165) is 25.5 Å². The van der Waals surface area contributed by atoms with Crippen LogP contribution in [0.2, 0.25) is 0 Å². The number of hydrogen-bond acceptors (Lipinski definition) is 4. The van der Waals surface area contributed by atoms with E-state index in [-0.39, 0.29) is 6.04 Å². The average Bonchev–Trinajstić information content (AvgIpc) is 2.12. The molecule has 0 aliphatic rings. The highest BCUT2D eigenvalue weighted by Crippen LogP contribution is 2.08. The van der Waals surface area contributed by atoms with Gasteiger partial charge in [-0.15, -0.1) is 0 Å². The van der Waals surface area contributed by atoms with E-state index in [1.54, 1.807) is 6.92 Å². The third-order valence-corrected chi connectivity index (χ3v) is 6.21. The van der Waals surface area contributed by atoms with Gasteiger partial charge in [0.1, 0.15) is 0 Å². The van der Waals surface area contributed by atoms with E-state index in [9.17, 15) is 16.8 Å². The van der Waals surface area contributed by atoms with Gasteiger partial charge in [0.2, 0.25) is 10.0 Å². The number of nitrogens with one attached hydrogen (secondary N) is 1. The van der Waals surface area contributed by atoms with E-state index in [1.807, 2.05) is 0 Å². The van der Waals surface area contributed by atoms with Gasteiger partial charge in [0.05, 0.1) is 0 Å². The fraction of sp³-hybridized carbons (Fsp3) is 1.00. The van der Waals surface area contributed by atoms with E-state index < -0.39 is 24.9 Å². The van der Waals surface area contributed by atoms with Crippen LogP contribution in [0, 0.1) is 0 Å². The maximum atomic E-state index is 11.5. The van der Waals surface area contributed by atoms with E-state index in [4.69, 9.17) is 0 Å². The van der Waals surface area contributed by atoms with Crippen LogP contribution in [0.4, 0.5) is 0 Å². The zero-order chi connectivity index (χ0) is 14.2. The van der Waals surface area contributed by atoms with E-state index in [0.29, 0.717) is 0 Å². The standard InChI is InChI=1S/C11H25NO4S2/c1-4-5-6-7-8-9-11(2)12-18(15,16)10-17(3,13)14/h11-12H,4-10H2,1-3H3. The highest BCUT2D eigenvalue weighted by molar-refractivity contribution is 8.06. The molecule has 7 heteroatoms. The molecule has 110 valence electrons. The lowest BCUT2D eigenvalue weighted by Gasteiger charge is -2.13. The summed E-state index contributed by atoms with van der Waals surface area (Å²) in [5.41, 5.74) is 0. The summed E-state index contributed by atoms with van der Waals surface area (Å²) in [7, 11) is -7.23. The zero-order valence-corrected chi connectivity index (χ0v) is 13.1.